The first-order chi connectivity index (χ1) is 12.3. The van der Waals surface area contributed by atoms with Gasteiger partial charge in [-0.25, -0.2) is 18.9 Å². The highest BCUT2D eigenvalue weighted by Crippen LogP contribution is 2.32. The van der Waals surface area contributed by atoms with Gasteiger partial charge in [-0.15, -0.1) is 0 Å². The molecule has 2 heterocycles. The van der Waals surface area contributed by atoms with Crippen LogP contribution in [0, 0.1) is 5.82 Å². The van der Waals surface area contributed by atoms with Gasteiger partial charge in [0, 0.05) is 18.6 Å². The number of urea groups is 2. The van der Waals surface area contributed by atoms with E-state index in [-0.39, 0.29) is 28.8 Å². The highest BCUT2D eigenvalue weighted by atomic mass is 35.5. The van der Waals surface area contributed by atoms with Crippen LogP contribution in [0.3, 0.4) is 0 Å². The Hall–Kier alpha value is -2.35. The van der Waals surface area contributed by atoms with E-state index in [1.54, 1.807) is 0 Å². The fraction of sp³-hybridized carbons (Fsp3) is 0.471. The van der Waals surface area contributed by atoms with Gasteiger partial charge in [0.05, 0.1) is 10.7 Å². The molecule has 2 aliphatic rings. The van der Waals surface area contributed by atoms with Gasteiger partial charge >= 0.3 is 12.1 Å². The Balaban J connectivity index is 1.74. The van der Waals surface area contributed by atoms with E-state index in [9.17, 15) is 18.8 Å². The molecule has 9 heteroatoms. The van der Waals surface area contributed by atoms with Crippen molar-refractivity contribution in [2.45, 2.75) is 44.8 Å². The molecule has 140 valence electrons. The summed E-state index contributed by atoms with van der Waals surface area (Å²) in [6, 6.07) is 2.13. The van der Waals surface area contributed by atoms with Crippen LogP contribution in [0.15, 0.2) is 18.2 Å². The van der Waals surface area contributed by atoms with Crippen LogP contribution in [0.4, 0.5) is 19.7 Å². The molecule has 2 fully saturated rings. The Bertz CT molecular complexity index is 758. The van der Waals surface area contributed by atoms with Crippen molar-refractivity contribution in [1.29, 1.82) is 0 Å². The number of carbonyl (C=O) groups excluding carboxylic acids is 3. The number of fused-ring (bicyclic) bond motifs is 1. The van der Waals surface area contributed by atoms with E-state index in [4.69, 9.17) is 11.6 Å². The zero-order valence-electron chi connectivity index (χ0n) is 14.5. The fourth-order valence-corrected chi connectivity index (χ4v) is 3.46. The lowest BCUT2D eigenvalue weighted by Crippen LogP contribution is -2.52. The second-order valence-electron chi connectivity index (χ2n) is 6.76. The average Bonchev–Trinajstić information content (AvgIpc) is 2.80. The van der Waals surface area contributed by atoms with Crippen molar-refractivity contribution in [2.75, 3.05) is 11.4 Å². The molecule has 1 aromatic rings. The molecule has 1 aromatic carbocycles. The summed E-state index contributed by atoms with van der Waals surface area (Å²) in [5.74, 6) is -1.01. The Morgan fingerprint density at radius 2 is 2.08 bits per heavy atom. The maximum absolute atomic E-state index is 13.4. The summed E-state index contributed by atoms with van der Waals surface area (Å²) in [7, 11) is 0. The van der Waals surface area contributed by atoms with Gasteiger partial charge in [0.1, 0.15) is 11.9 Å². The van der Waals surface area contributed by atoms with Crippen LogP contribution >= 0.6 is 11.6 Å². The summed E-state index contributed by atoms with van der Waals surface area (Å²) >= 11 is 5.77. The first-order valence-electron chi connectivity index (χ1n) is 8.44. The average molecular weight is 383 g/mol. The van der Waals surface area contributed by atoms with Gasteiger partial charge in [-0.05, 0) is 44.9 Å². The summed E-state index contributed by atoms with van der Waals surface area (Å²) in [6.07, 6.45) is 0.889. The molecule has 2 N–H and O–H groups in total. The van der Waals surface area contributed by atoms with Crippen molar-refractivity contribution in [2.24, 2.45) is 0 Å². The number of nitrogens with zero attached hydrogens (tertiary/aromatic N) is 2. The molecule has 7 nitrogen and oxygen atoms in total. The Morgan fingerprint density at radius 1 is 1.35 bits per heavy atom. The second kappa shape index (κ2) is 7.11. The number of hydrogen-bond donors (Lipinski definition) is 2. The molecule has 0 radical (unpaired) electrons. The molecule has 2 aliphatic heterocycles. The number of halogens is 2. The third-order valence-corrected chi connectivity index (χ3v) is 4.75. The molecule has 26 heavy (non-hydrogen) atoms. The van der Waals surface area contributed by atoms with Crippen molar-refractivity contribution in [3.63, 3.8) is 0 Å². The van der Waals surface area contributed by atoms with E-state index in [1.807, 2.05) is 13.8 Å². The summed E-state index contributed by atoms with van der Waals surface area (Å²) in [5.41, 5.74) is 0.239. The lowest BCUT2D eigenvalue weighted by Gasteiger charge is -2.32. The van der Waals surface area contributed by atoms with Gasteiger partial charge < -0.3 is 15.5 Å². The van der Waals surface area contributed by atoms with Gasteiger partial charge in [0.25, 0.3) is 5.91 Å². The smallest absolute Gasteiger partial charge is 0.332 e. The quantitative estimate of drug-likeness (QED) is 0.788. The highest BCUT2D eigenvalue weighted by molar-refractivity contribution is 6.31. The molecular weight excluding hydrogens is 363 g/mol. The summed E-state index contributed by atoms with van der Waals surface area (Å²) in [6.45, 7) is 4.06. The summed E-state index contributed by atoms with van der Waals surface area (Å²) in [4.78, 5) is 39.7. The third-order valence-electron chi connectivity index (χ3n) is 4.46. The standard InChI is InChI=1S/C17H20ClFN4O3/c1-9(2)20-16(25)21-10-5-6-22-14(7-10)15(24)23(17(22)26)11-3-4-13(19)12(18)8-11/h3-4,8-10,14H,5-7H2,1-2H3,(H2,20,21,25)/t10-,14-/m0/s1. The van der Waals surface area contributed by atoms with Crippen LogP contribution in [0.1, 0.15) is 26.7 Å². The molecule has 0 aliphatic carbocycles. The number of imide groups is 1. The van der Waals surface area contributed by atoms with Crippen molar-refractivity contribution < 1.29 is 18.8 Å². The Kier molecular flexibility index (Phi) is 5.04. The number of carbonyl (C=O) groups is 3. The zero-order valence-corrected chi connectivity index (χ0v) is 15.2. The topological polar surface area (TPSA) is 81.8 Å². The minimum absolute atomic E-state index is 0.00324. The van der Waals surface area contributed by atoms with E-state index in [0.29, 0.717) is 19.4 Å². The largest absolute Gasteiger partial charge is 0.336 e. The molecule has 5 amide bonds. The molecule has 2 atom stereocenters. The Labute approximate surface area is 155 Å². The molecular formula is C17H20ClFN4O3. The van der Waals surface area contributed by atoms with Gasteiger partial charge in [-0.3, -0.25) is 4.79 Å². The normalized spacial score (nSPS) is 22.7. The van der Waals surface area contributed by atoms with Gasteiger partial charge in [-0.2, -0.15) is 0 Å². The lowest BCUT2D eigenvalue weighted by molar-refractivity contribution is -0.120. The monoisotopic (exact) mass is 382 g/mol. The minimum Gasteiger partial charge on any atom is -0.336 e. The first kappa shape index (κ1) is 18.4. The van der Waals surface area contributed by atoms with E-state index >= 15 is 0 Å². The van der Waals surface area contributed by atoms with Crippen molar-refractivity contribution in [3.8, 4) is 0 Å². The van der Waals surface area contributed by atoms with Crippen LogP contribution in [-0.4, -0.2) is 47.5 Å². The predicted octanol–water partition coefficient (Wildman–Crippen LogP) is 2.49. The van der Waals surface area contributed by atoms with Crippen molar-refractivity contribution in [3.05, 3.63) is 29.0 Å². The molecule has 3 rings (SSSR count). The molecule has 0 spiro atoms. The van der Waals surface area contributed by atoms with Gasteiger partial charge in [0.15, 0.2) is 0 Å². The molecule has 0 unspecified atom stereocenters. The minimum atomic E-state index is -0.649. The number of piperidine rings is 1. The highest BCUT2D eigenvalue weighted by Gasteiger charge is 2.48. The van der Waals surface area contributed by atoms with Crippen LogP contribution in [0.25, 0.3) is 0 Å². The van der Waals surface area contributed by atoms with E-state index < -0.39 is 23.8 Å². The van der Waals surface area contributed by atoms with Crippen molar-refractivity contribution >= 4 is 35.3 Å². The van der Waals surface area contributed by atoms with E-state index in [0.717, 1.165) is 11.0 Å². The number of rotatable bonds is 3. The summed E-state index contributed by atoms with van der Waals surface area (Å²) < 4.78 is 13.4. The number of amides is 5. The Morgan fingerprint density at radius 3 is 2.73 bits per heavy atom. The van der Waals surface area contributed by atoms with Gasteiger partial charge in [0.2, 0.25) is 0 Å². The van der Waals surface area contributed by atoms with E-state index in [2.05, 4.69) is 10.6 Å². The maximum atomic E-state index is 13.4. The fourth-order valence-electron chi connectivity index (χ4n) is 3.28. The van der Waals surface area contributed by atoms with Crippen LogP contribution < -0.4 is 15.5 Å². The third kappa shape index (κ3) is 3.46. The molecule has 0 bridgehead atoms. The second-order valence-corrected chi connectivity index (χ2v) is 7.16. The summed E-state index contributed by atoms with van der Waals surface area (Å²) in [5, 5.41) is 5.42. The van der Waals surface area contributed by atoms with Crippen molar-refractivity contribution in [1.82, 2.24) is 15.5 Å². The number of benzene rings is 1. The molecule has 0 saturated carbocycles. The number of anilines is 1. The maximum Gasteiger partial charge on any atom is 0.332 e. The molecule has 2 saturated heterocycles. The van der Waals surface area contributed by atoms with Gasteiger partial charge in [-0.1, -0.05) is 11.6 Å². The zero-order chi connectivity index (χ0) is 19.0. The first-order valence-corrected chi connectivity index (χ1v) is 8.82. The number of hydrogen-bond acceptors (Lipinski definition) is 3. The SMILES string of the molecule is CC(C)NC(=O)N[C@H]1CCN2C(=O)N(c3ccc(F)c(Cl)c3)C(=O)[C@@H]2C1. The van der Waals surface area contributed by atoms with Crippen LogP contribution in [0.2, 0.25) is 5.02 Å². The number of nitrogens with one attached hydrogen (secondary N) is 2. The molecule has 0 aromatic heterocycles. The van der Waals surface area contributed by atoms with E-state index in [1.165, 1.54) is 17.0 Å². The van der Waals surface area contributed by atoms with Crippen LogP contribution in [0.5, 0.6) is 0 Å². The van der Waals surface area contributed by atoms with Crippen LogP contribution in [-0.2, 0) is 4.79 Å². The predicted molar refractivity (Wildman–Crippen MR) is 94.6 cm³/mol. The lowest BCUT2D eigenvalue weighted by atomic mass is 9.98.